The van der Waals surface area contributed by atoms with Gasteiger partial charge in [-0.05, 0) is 122 Å². The van der Waals surface area contributed by atoms with Gasteiger partial charge in [0.1, 0.15) is 19.3 Å². The number of carbonyl (C=O) groups is 4. The molecule has 0 spiro atoms. The molecule has 0 rings (SSSR count). The summed E-state index contributed by atoms with van der Waals surface area (Å²) in [5, 5.41) is 10.6. The molecule has 5 atom stereocenters. The maximum absolute atomic E-state index is 13.0. The van der Waals surface area contributed by atoms with Crippen molar-refractivity contribution in [3.63, 3.8) is 0 Å². The van der Waals surface area contributed by atoms with Gasteiger partial charge in [-0.2, -0.15) is 0 Å². The van der Waals surface area contributed by atoms with Crippen molar-refractivity contribution in [3.8, 4) is 0 Å². The van der Waals surface area contributed by atoms with E-state index in [-0.39, 0.29) is 25.7 Å². The van der Waals surface area contributed by atoms with Crippen molar-refractivity contribution in [2.75, 3.05) is 39.6 Å². The zero-order valence-corrected chi connectivity index (χ0v) is 61.5. The molecule has 0 aliphatic heterocycles. The molecule has 0 aromatic rings. The predicted molar refractivity (Wildman–Crippen MR) is 390 cm³/mol. The Hall–Kier alpha value is -4.54. The van der Waals surface area contributed by atoms with Crippen LogP contribution in [0.2, 0.25) is 0 Å². The van der Waals surface area contributed by atoms with Crippen molar-refractivity contribution in [2.24, 2.45) is 0 Å². The van der Waals surface area contributed by atoms with E-state index in [4.69, 9.17) is 37.0 Å². The fourth-order valence-corrected chi connectivity index (χ4v) is 10.9. The van der Waals surface area contributed by atoms with Crippen molar-refractivity contribution in [1.82, 2.24) is 0 Å². The van der Waals surface area contributed by atoms with E-state index in [9.17, 15) is 43.2 Å². The average Bonchev–Trinajstić information content (AvgIpc) is 1.21. The molecular formula is C77H130O17P2. The number of rotatable bonds is 68. The summed E-state index contributed by atoms with van der Waals surface area (Å²) in [5.74, 6) is -2.28. The van der Waals surface area contributed by atoms with Gasteiger partial charge in [-0.1, -0.05) is 258 Å². The van der Waals surface area contributed by atoms with E-state index in [1.165, 1.54) is 51.4 Å². The van der Waals surface area contributed by atoms with Crippen molar-refractivity contribution >= 4 is 39.5 Å². The third-order valence-electron chi connectivity index (χ3n) is 14.9. The summed E-state index contributed by atoms with van der Waals surface area (Å²) < 4.78 is 68.2. The second-order valence-corrected chi connectivity index (χ2v) is 27.0. The Morgan fingerprint density at radius 3 is 0.917 bits per heavy atom. The number of phosphoric acid groups is 2. The minimum Gasteiger partial charge on any atom is -0.462 e. The second-order valence-electron chi connectivity index (χ2n) is 24.1. The summed E-state index contributed by atoms with van der Waals surface area (Å²) >= 11 is 0. The molecule has 17 nitrogen and oxygen atoms in total. The zero-order chi connectivity index (χ0) is 70.4. The number of allylic oxidation sites excluding steroid dienone is 20. The fraction of sp³-hybridized carbons (Fsp3) is 0.688. The summed E-state index contributed by atoms with van der Waals surface area (Å²) in [4.78, 5) is 72.6. The molecule has 5 unspecified atom stereocenters. The Morgan fingerprint density at radius 2 is 0.562 bits per heavy atom. The van der Waals surface area contributed by atoms with E-state index in [0.29, 0.717) is 32.1 Å². The van der Waals surface area contributed by atoms with Crippen LogP contribution in [-0.2, 0) is 65.4 Å². The van der Waals surface area contributed by atoms with Crippen LogP contribution in [0.5, 0.6) is 0 Å². The molecule has 0 saturated carbocycles. The van der Waals surface area contributed by atoms with Crippen LogP contribution in [0.3, 0.4) is 0 Å². The zero-order valence-electron chi connectivity index (χ0n) is 59.8. The van der Waals surface area contributed by atoms with Crippen LogP contribution in [0.15, 0.2) is 122 Å². The maximum Gasteiger partial charge on any atom is 0.472 e. The molecule has 0 fully saturated rings. The third kappa shape index (κ3) is 68.0. The van der Waals surface area contributed by atoms with E-state index >= 15 is 0 Å². The van der Waals surface area contributed by atoms with Gasteiger partial charge < -0.3 is 33.8 Å². The van der Waals surface area contributed by atoms with Crippen LogP contribution in [0.4, 0.5) is 0 Å². The number of esters is 4. The second kappa shape index (κ2) is 69.0. The van der Waals surface area contributed by atoms with E-state index in [1.54, 1.807) is 0 Å². The van der Waals surface area contributed by atoms with Crippen molar-refractivity contribution in [3.05, 3.63) is 122 Å². The first-order valence-electron chi connectivity index (χ1n) is 36.8. The first-order valence-corrected chi connectivity index (χ1v) is 39.8. The van der Waals surface area contributed by atoms with E-state index in [1.807, 2.05) is 12.2 Å². The Labute approximate surface area is 581 Å². The summed E-state index contributed by atoms with van der Waals surface area (Å²) in [6.45, 7) is 4.48. The quantitative estimate of drug-likeness (QED) is 0.0169. The molecule has 0 saturated heterocycles. The van der Waals surface area contributed by atoms with Crippen LogP contribution >= 0.6 is 15.6 Å². The Balaban J connectivity index is 5.36. The number of ether oxygens (including phenoxy) is 4. The average molecular weight is 1390 g/mol. The summed E-state index contributed by atoms with van der Waals surface area (Å²) in [7, 11) is -9.96. The van der Waals surface area contributed by atoms with Crippen LogP contribution in [0.25, 0.3) is 0 Å². The SMILES string of the molecule is CC/C=C\C/C=C\C/C=C\C/C=C\C/C=C\CCCC(=O)OCC(COP(=O)(O)OCC(O)COP(=O)(O)OCC(COC(=O)CCCCCC/C=C\C/C=C\C/C=C\C/C=C\CC)OC(=O)CCCCCCC/C=C\CCCC)OC(=O)CCCCCCCCCCCCC. The number of aliphatic hydroxyl groups is 1. The van der Waals surface area contributed by atoms with E-state index in [2.05, 4.69) is 137 Å². The topological polar surface area (TPSA) is 237 Å². The minimum absolute atomic E-state index is 0.0758. The van der Waals surface area contributed by atoms with Crippen molar-refractivity contribution in [1.29, 1.82) is 0 Å². The van der Waals surface area contributed by atoms with Gasteiger partial charge in [0.2, 0.25) is 0 Å². The lowest BCUT2D eigenvalue weighted by molar-refractivity contribution is -0.161. The van der Waals surface area contributed by atoms with Crippen LogP contribution < -0.4 is 0 Å². The van der Waals surface area contributed by atoms with Gasteiger partial charge in [-0.3, -0.25) is 37.3 Å². The third-order valence-corrected chi connectivity index (χ3v) is 16.8. The lowest BCUT2D eigenvalue weighted by Gasteiger charge is -2.21. The first kappa shape index (κ1) is 91.5. The Morgan fingerprint density at radius 1 is 0.302 bits per heavy atom. The molecule has 0 aromatic heterocycles. The summed E-state index contributed by atoms with van der Waals surface area (Å²) in [6, 6.07) is 0. The molecule has 0 bridgehead atoms. The molecule has 0 aliphatic rings. The van der Waals surface area contributed by atoms with Crippen molar-refractivity contribution < 1.29 is 80.2 Å². The van der Waals surface area contributed by atoms with Crippen LogP contribution in [0, 0.1) is 0 Å². The molecule has 0 heterocycles. The molecule has 0 amide bonds. The Bertz CT molecular complexity index is 2300. The highest BCUT2D eigenvalue weighted by atomic mass is 31.2. The lowest BCUT2D eigenvalue weighted by atomic mass is 10.1. The van der Waals surface area contributed by atoms with Gasteiger partial charge in [-0.15, -0.1) is 0 Å². The normalized spacial score (nSPS) is 14.7. The number of aliphatic hydroxyl groups excluding tert-OH is 1. The predicted octanol–water partition coefficient (Wildman–Crippen LogP) is 20.8. The highest BCUT2D eigenvalue weighted by Crippen LogP contribution is 2.45. The number of hydrogen-bond donors (Lipinski definition) is 3. The smallest absolute Gasteiger partial charge is 0.462 e. The molecule has 0 aliphatic carbocycles. The van der Waals surface area contributed by atoms with Crippen LogP contribution in [0.1, 0.15) is 285 Å². The van der Waals surface area contributed by atoms with Gasteiger partial charge in [0.25, 0.3) is 0 Å². The molecular weight excluding hydrogens is 1260 g/mol. The fourth-order valence-electron chi connectivity index (χ4n) is 9.34. The molecule has 96 heavy (non-hydrogen) atoms. The Kier molecular flexibility index (Phi) is 65.7. The maximum atomic E-state index is 13.0. The molecule has 19 heteroatoms. The molecule has 3 N–H and O–H groups in total. The number of phosphoric ester groups is 2. The van der Waals surface area contributed by atoms with E-state index < -0.39 is 97.5 Å². The van der Waals surface area contributed by atoms with Crippen LogP contribution in [-0.4, -0.2) is 96.7 Å². The monoisotopic (exact) mass is 1390 g/mol. The number of hydrogen-bond acceptors (Lipinski definition) is 15. The number of unbranched alkanes of at least 4 members (excludes halogenated alkanes) is 22. The number of carbonyl (C=O) groups excluding carboxylic acids is 4. The van der Waals surface area contributed by atoms with Gasteiger partial charge in [-0.25, -0.2) is 9.13 Å². The van der Waals surface area contributed by atoms with E-state index in [0.717, 1.165) is 148 Å². The van der Waals surface area contributed by atoms with Gasteiger partial charge in [0.05, 0.1) is 26.4 Å². The largest absolute Gasteiger partial charge is 0.472 e. The van der Waals surface area contributed by atoms with Crippen molar-refractivity contribution in [2.45, 2.75) is 303 Å². The lowest BCUT2D eigenvalue weighted by Crippen LogP contribution is -2.30. The first-order chi connectivity index (χ1) is 46.7. The highest BCUT2D eigenvalue weighted by Gasteiger charge is 2.30. The molecule has 0 aromatic carbocycles. The molecule has 550 valence electrons. The summed E-state index contributed by atoms with van der Waals surface area (Å²) in [5.41, 5.74) is 0. The van der Waals surface area contributed by atoms with Gasteiger partial charge >= 0.3 is 39.5 Å². The highest BCUT2D eigenvalue weighted by molar-refractivity contribution is 7.47. The molecule has 0 radical (unpaired) electrons. The minimum atomic E-state index is -4.98. The summed E-state index contributed by atoms with van der Waals surface area (Å²) in [6.07, 6.45) is 73.6. The van der Waals surface area contributed by atoms with Gasteiger partial charge in [0.15, 0.2) is 12.2 Å². The van der Waals surface area contributed by atoms with Gasteiger partial charge in [0, 0.05) is 25.7 Å². The standard InChI is InChI=1S/C77H130O17P2/c1-5-9-13-17-21-25-29-31-33-35-37-39-43-45-49-53-57-61-74(79)87-67-72(93-76(81)63-59-55-51-47-41-27-23-19-15-11-7-3)69-91-95(83,84)89-65-71(78)66-90-96(85,86)92-70-73(94-77(82)64-60-56-52-48-42-28-24-20-16-12-8-4)68-88-75(80)62-58-54-50-46-44-40-38-36-34-32-30-26-22-18-14-10-6-2/h9-10,13-14,19,21-23,25-26,31-34,37-40,46,50,71-73,78H,5-8,11-12,15-18,20,24,27-30,35-36,41-45,47-49,51-70H2,1-4H3,(H,83,84)(H,85,86)/b13-9-,14-10-,23-19-,25-21-,26-22-,33-31-,34-32-,39-37-,40-38-,50-46-.